The number of hydrogen-bond donors (Lipinski definition) is 2. The molecule has 130 valence electrons. The summed E-state index contributed by atoms with van der Waals surface area (Å²) in [6.45, 7) is 4.63. The number of aromatic nitrogens is 1. The zero-order valence-corrected chi connectivity index (χ0v) is 14.3. The molecule has 0 radical (unpaired) electrons. The fraction of sp³-hybridized carbons (Fsp3) is 0.316. The topological polar surface area (TPSA) is 77.8 Å². The van der Waals surface area contributed by atoms with Gasteiger partial charge in [0.25, 0.3) is 5.91 Å². The minimum atomic E-state index is -0.311. The number of likely N-dealkylation sites (tertiary alicyclic amines) is 1. The molecule has 1 aliphatic rings. The van der Waals surface area contributed by atoms with Gasteiger partial charge < -0.3 is 5.11 Å². The highest BCUT2D eigenvalue weighted by Crippen LogP contribution is 2.25. The summed E-state index contributed by atoms with van der Waals surface area (Å²) >= 11 is 0. The summed E-state index contributed by atoms with van der Waals surface area (Å²) in [6.07, 6.45) is 5.53. The van der Waals surface area contributed by atoms with Crippen LogP contribution in [-0.4, -0.2) is 39.7 Å². The number of para-hydroxylation sites is 1. The van der Waals surface area contributed by atoms with Crippen molar-refractivity contribution in [2.24, 2.45) is 5.10 Å². The van der Waals surface area contributed by atoms with Crippen molar-refractivity contribution in [1.29, 1.82) is 0 Å². The third-order valence-electron chi connectivity index (χ3n) is 4.37. The van der Waals surface area contributed by atoms with Crippen molar-refractivity contribution in [3.8, 4) is 5.75 Å². The van der Waals surface area contributed by atoms with Crippen molar-refractivity contribution >= 4 is 11.6 Å². The summed E-state index contributed by atoms with van der Waals surface area (Å²) < 4.78 is 0. The zero-order chi connectivity index (χ0) is 17.6. The van der Waals surface area contributed by atoms with Gasteiger partial charge in [0.1, 0.15) is 5.75 Å². The Morgan fingerprint density at radius 3 is 2.68 bits per heavy atom. The maximum Gasteiger partial charge on any atom is 0.271 e. The van der Waals surface area contributed by atoms with E-state index in [1.165, 1.54) is 12.8 Å². The molecule has 0 aliphatic carbocycles. The lowest BCUT2D eigenvalue weighted by Crippen LogP contribution is -2.20. The van der Waals surface area contributed by atoms with Crippen LogP contribution in [-0.2, 0) is 6.54 Å². The summed E-state index contributed by atoms with van der Waals surface area (Å²) in [5.74, 6) is -0.0803. The van der Waals surface area contributed by atoms with Crippen LogP contribution in [0.3, 0.4) is 0 Å². The van der Waals surface area contributed by atoms with E-state index < -0.39 is 0 Å². The number of rotatable bonds is 5. The van der Waals surface area contributed by atoms with Crippen LogP contribution in [0.1, 0.15) is 41.3 Å². The lowest BCUT2D eigenvalue weighted by atomic mass is 10.1. The Bertz CT molecular complexity index is 768. The van der Waals surface area contributed by atoms with Crippen LogP contribution < -0.4 is 5.43 Å². The Morgan fingerprint density at radius 2 is 1.96 bits per heavy atom. The number of benzene rings is 1. The Hall–Kier alpha value is -2.73. The third-order valence-corrected chi connectivity index (χ3v) is 4.37. The number of nitrogens with zero attached hydrogens (tertiary/aromatic N) is 3. The molecule has 3 rings (SSSR count). The third kappa shape index (κ3) is 4.22. The molecule has 0 saturated carbocycles. The van der Waals surface area contributed by atoms with E-state index in [4.69, 9.17) is 0 Å². The molecule has 0 bridgehead atoms. The van der Waals surface area contributed by atoms with E-state index in [0.29, 0.717) is 16.8 Å². The van der Waals surface area contributed by atoms with Crippen LogP contribution in [0.15, 0.2) is 47.8 Å². The predicted molar refractivity (Wildman–Crippen MR) is 96.5 cm³/mol. The molecule has 0 atom stereocenters. The van der Waals surface area contributed by atoms with Gasteiger partial charge in [-0.25, -0.2) is 5.43 Å². The van der Waals surface area contributed by atoms with Gasteiger partial charge in [0.05, 0.1) is 5.71 Å². The molecule has 1 aromatic carbocycles. The second kappa shape index (κ2) is 7.90. The first-order valence-electron chi connectivity index (χ1n) is 8.43. The number of carbonyl (C=O) groups is 1. The monoisotopic (exact) mass is 338 g/mol. The number of phenols is 1. The largest absolute Gasteiger partial charge is 0.507 e. The number of carbonyl (C=O) groups excluding carboxylic acids is 1. The number of hydrazone groups is 1. The smallest absolute Gasteiger partial charge is 0.271 e. The standard InChI is InChI=1S/C19H22N4O2/c1-14(21-22-19(25)15-7-9-20-10-8-15)17-6-4-5-16(18(17)24)13-23-11-2-3-12-23/h4-10,24H,2-3,11-13H2,1H3,(H,22,25)/b21-14+. The summed E-state index contributed by atoms with van der Waals surface area (Å²) in [7, 11) is 0. The summed E-state index contributed by atoms with van der Waals surface area (Å²) in [4.78, 5) is 18.3. The molecule has 1 amide bonds. The van der Waals surface area contributed by atoms with Crippen molar-refractivity contribution in [2.75, 3.05) is 13.1 Å². The van der Waals surface area contributed by atoms with Crippen molar-refractivity contribution < 1.29 is 9.90 Å². The Balaban J connectivity index is 1.72. The summed E-state index contributed by atoms with van der Waals surface area (Å²) in [5, 5.41) is 14.7. The minimum absolute atomic E-state index is 0.230. The molecule has 6 heteroatoms. The van der Waals surface area contributed by atoms with Crippen LogP contribution in [0.5, 0.6) is 5.75 Å². The van der Waals surface area contributed by atoms with Gasteiger partial charge in [-0.15, -0.1) is 0 Å². The van der Waals surface area contributed by atoms with E-state index >= 15 is 0 Å². The lowest BCUT2D eigenvalue weighted by molar-refractivity contribution is 0.0954. The molecule has 25 heavy (non-hydrogen) atoms. The van der Waals surface area contributed by atoms with E-state index in [-0.39, 0.29) is 11.7 Å². The normalized spacial score (nSPS) is 15.3. The average molecular weight is 338 g/mol. The van der Waals surface area contributed by atoms with Gasteiger partial charge in [-0.1, -0.05) is 12.1 Å². The number of amides is 1. The Kier molecular flexibility index (Phi) is 5.40. The first-order chi connectivity index (χ1) is 12.1. The van der Waals surface area contributed by atoms with Crippen LogP contribution >= 0.6 is 0 Å². The molecule has 2 heterocycles. The van der Waals surface area contributed by atoms with Gasteiger partial charge in [0.2, 0.25) is 0 Å². The number of pyridine rings is 1. The minimum Gasteiger partial charge on any atom is -0.507 e. The molecule has 2 aromatic rings. The fourth-order valence-corrected chi connectivity index (χ4v) is 2.96. The van der Waals surface area contributed by atoms with Gasteiger partial charge in [0, 0.05) is 35.6 Å². The first kappa shape index (κ1) is 17.1. The van der Waals surface area contributed by atoms with Crippen molar-refractivity contribution in [3.63, 3.8) is 0 Å². The molecular weight excluding hydrogens is 316 g/mol. The molecule has 0 spiro atoms. The van der Waals surface area contributed by atoms with Gasteiger partial charge in [-0.2, -0.15) is 5.10 Å². The van der Waals surface area contributed by atoms with Crippen LogP contribution in [0.25, 0.3) is 0 Å². The molecule has 6 nitrogen and oxygen atoms in total. The second-order valence-corrected chi connectivity index (χ2v) is 6.17. The maximum atomic E-state index is 12.0. The van der Waals surface area contributed by atoms with E-state index in [1.54, 1.807) is 37.5 Å². The first-order valence-corrected chi connectivity index (χ1v) is 8.43. The molecular formula is C19H22N4O2. The predicted octanol–water partition coefficient (Wildman–Crippen LogP) is 2.54. The van der Waals surface area contributed by atoms with Gasteiger partial charge in [0.15, 0.2) is 0 Å². The number of phenolic OH excluding ortho intramolecular Hbond substituents is 1. The molecule has 2 N–H and O–H groups in total. The number of nitrogens with one attached hydrogen (secondary N) is 1. The highest BCUT2D eigenvalue weighted by molar-refractivity contribution is 6.02. The summed E-state index contributed by atoms with van der Waals surface area (Å²) in [6, 6.07) is 8.88. The van der Waals surface area contributed by atoms with E-state index in [1.807, 2.05) is 12.1 Å². The quantitative estimate of drug-likeness (QED) is 0.649. The lowest BCUT2D eigenvalue weighted by Gasteiger charge is -2.17. The van der Waals surface area contributed by atoms with E-state index in [9.17, 15) is 9.90 Å². The SMILES string of the molecule is C/C(=N\NC(=O)c1ccncc1)c1cccc(CN2CCCC2)c1O. The fourth-order valence-electron chi connectivity index (χ4n) is 2.96. The molecule has 0 unspecified atom stereocenters. The van der Waals surface area contributed by atoms with Crippen molar-refractivity contribution in [1.82, 2.24) is 15.3 Å². The molecule has 1 saturated heterocycles. The Labute approximate surface area is 147 Å². The molecule has 1 fully saturated rings. The number of aromatic hydroxyl groups is 1. The van der Waals surface area contributed by atoms with E-state index in [2.05, 4.69) is 20.4 Å². The van der Waals surface area contributed by atoms with Crippen LogP contribution in [0.4, 0.5) is 0 Å². The van der Waals surface area contributed by atoms with Crippen LogP contribution in [0, 0.1) is 0 Å². The maximum absolute atomic E-state index is 12.0. The van der Waals surface area contributed by atoms with Crippen molar-refractivity contribution in [2.45, 2.75) is 26.3 Å². The molecule has 1 aromatic heterocycles. The average Bonchev–Trinajstić information content (AvgIpc) is 3.15. The van der Waals surface area contributed by atoms with Crippen molar-refractivity contribution in [3.05, 3.63) is 59.4 Å². The second-order valence-electron chi connectivity index (χ2n) is 6.17. The summed E-state index contributed by atoms with van der Waals surface area (Å²) in [5.41, 5.74) is 5.07. The highest BCUT2D eigenvalue weighted by Gasteiger charge is 2.16. The van der Waals surface area contributed by atoms with E-state index in [0.717, 1.165) is 25.2 Å². The van der Waals surface area contributed by atoms with Crippen LogP contribution in [0.2, 0.25) is 0 Å². The zero-order valence-electron chi connectivity index (χ0n) is 14.3. The Morgan fingerprint density at radius 1 is 1.24 bits per heavy atom. The highest BCUT2D eigenvalue weighted by atomic mass is 16.3. The van der Waals surface area contributed by atoms with Gasteiger partial charge >= 0.3 is 0 Å². The van der Waals surface area contributed by atoms with Gasteiger partial charge in [-0.05, 0) is 51.1 Å². The molecule has 1 aliphatic heterocycles. The number of hydrogen-bond acceptors (Lipinski definition) is 5. The van der Waals surface area contributed by atoms with Gasteiger partial charge in [-0.3, -0.25) is 14.7 Å².